The summed E-state index contributed by atoms with van der Waals surface area (Å²) in [6.07, 6.45) is 0. The molecule has 4 heteroatoms. The third kappa shape index (κ3) is 4.92. The molecule has 0 fully saturated rings. The van der Waals surface area contributed by atoms with Gasteiger partial charge in [-0.25, -0.2) is 4.21 Å². The standard InChI is InChI=1S/CH2BrClOS/c2-1-5(3)4/h1H2. The van der Waals surface area contributed by atoms with Crippen molar-refractivity contribution in [2.45, 2.75) is 0 Å². The van der Waals surface area contributed by atoms with Crippen LogP contribution >= 0.6 is 26.6 Å². The summed E-state index contributed by atoms with van der Waals surface area (Å²) in [5.74, 6) is 0. The lowest BCUT2D eigenvalue weighted by Crippen LogP contribution is -1.70. The number of rotatable bonds is 1. The Labute approximate surface area is 45.8 Å². The number of hydrogen-bond donors (Lipinski definition) is 0. The zero-order chi connectivity index (χ0) is 4.28. The summed E-state index contributed by atoms with van der Waals surface area (Å²) >= 11 is 2.88. The topological polar surface area (TPSA) is 17.1 Å². The van der Waals surface area contributed by atoms with Crippen molar-refractivity contribution >= 4 is 36.6 Å². The summed E-state index contributed by atoms with van der Waals surface area (Å²) in [5.41, 5.74) is 0. The summed E-state index contributed by atoms with van der Waals surface area (Å²) in [5, 5.41) is 0. The predicted octanol–water partition coefficient (Wildman–Crippen LogP) is 1.24. The molecule has 0 bridgehead atoms. The van der Waals surface area contributed by atoms with E-state index in [4.69, 9.17) is 10.7 Å². The van der Waals surface area contributed by atoms with Crippen molar-refractivity contribution in [1.29, 1.82) is 0 Å². The van der Waals surface area contributed by atoms with E-state index in [0.29, 0.717) is 4.66 Å². The first kappa shape index (κ1) is 5.92. The number of hydrogen-bond acceptors (Lipinski definition) is 1. The molecule has 1 atom stereocenters. The van der Waals surface area contributed by atoms with Gasteiger partial charge in [-0.2, -0.15) is 0 Å². The van der Waals surface area contributed by atoms with Crippen molar-refractivity contribution in [3.8, 4) is 0 Å². The zero-order valence-electron chi connectivity index (χ0n) is 2.28. The minimum Gasteiger partial charge on any atom is -0.242 e. The monoisotopic (exact) mass is 176 g/mol. The third-order valence-corrected chi connectivity index (χ3v) is 2.62. The lowest BCUT2D eigenvalue weighted by atomic mass is 11.9. The van der Waals surface area contributed by atoms with Crippen molar-refractivity contribution in [2.75, 3.05) is 4.66 Å². The van der Waals surface area contributed by atoms with Crippen molar-refractivity contribution in [2.24, 2.45) is 0 Å². The van der Waals surface area contributed by atoms with Crippen molar-refractivity contribution < 1.29 is 4.21 Å². The molecule has 0 amide bonds. The van der Waals surface area contributed by atoms with Crippen LogP contribution in [-0.2, 0) is 10.0 Å². The van der Waals surface area contributed by atoms with E-state index in [1.165, 1.54) is 0 Å². The molecule has 0 aromatic heterocycles. The van der Waals surface area contributed by atoms with E-state index < -0.39 is 10.0 Å². The molecule has 0 saturated carbocycles. The van der Waals surface area contributed by atoms with E-state index >= 15 is 0 Å². The molecule has 5 heavy (non-hydrogen) atoms. The van der Waals surface area contributed by atoms with Crippen LogP contribution in [0.5, 0.6) is 0 Å². The summed E-state index contributed by atoms with van der Waals surface area (Å²) in [6, 6.07) is 0. The van der Waals surface area contributed by atoms with Crippen LogP contribution in [0.3, 0.4) is 0 Å². The summed E-state index contributed by atoms with van der Waals surface area (Å²) in [4.78, 5) is 0. The zero-order valence-corrected chi connectivity index (χ0v) is 5.44. The molecule has 0 rings (SSSR count). The molecular weight excluding hydrogens is 175 g/mol. The van der Waals surface area contributed by atoms with Gasteiger partial charge >= 0.3 is 0 Å². The molecule has 0 saturated heterocycles. The molecule has 1 nitrogen and oxygen atoms in total. The molecule has 0 aliphatic carbocycles. The van der Waals surface area contributed by atoms with Crippen LogP contribution in [0.1, 0.15) is 0 Å². The second-order valence-corrected chi connectivity index (χ2v) is 3.60. The third-order valence-electron chi connectivity index (χ3n) is 0.0858. The normalized spacial score (nSPS) is 14.8. The quantitative estimate of drug-likeness (QED) is 0.435. The first-order chi connectivity index (χ1) is 2.27. The Morgan fingerprint density at radius 3 is 2.20 bits per heavy atom. The molecular formula is CH2BrClOS. The Bertz CT molecular complexity index is 46.9. The Morgan fingerprint density at radius 1 is 2.00 bits per heavy atom. The van der Waals surface area contributed by atoms with Crippen molar-refractivity contribution in [3.05, 3.63) is 0 Å². The molecule has 0 aromatic carbocycles. The minimum absolute atomic E-state index is 0.356. The van der Waals surface area contributed by atoms with Gasteiger partial charge in [-0.15, -0.1) is 0 Å². The van der Waals surface area contributed by atoms with Gasteiger partial charge in [-0.1, -0.05) is 15.9 Å². The summed E-state index contributed by atoms with van der Waals surface area (Å²) < 4.78 is 10.00. The molecule has 1 unspecified atom stereocenters. The van der Waals surface area contributed by atoms with E-state index in [9.17, 15) is 4.21 Å². The molecule has 32 valence electrons. The second-order valence-electron chi connectivity index (χ2n) is 0.399. The first-order valence-corrected chi connectivity index (χ1v) is 4.14. The fourth-order valence-corrected chi connectivity index (χ4v) is 0. The first-order valence-electron chi connectivity index (χ1n) is 0.877. The lowest BCUT2D eigenvalue weighted by molar-refractivity contribution is 0.694. The average molecular weight is 177 g/mol. The van der Waals surface area contributed by atoms with E-state index in [1.807, 2.05) is 0 Å². The van der Waals surface area contributed by atoms with Gasteiger partial charge in [-0.05, 0) is 10.7 Å². The minimum atomic E-state index is -1.18. The maximum absolute atomic E-state index is 9.64. The van der Waals surface area contributed by atoms with Crippen LogP contribution in [0.4, 0.5) is 0 Å². The van der Waals surface area contributed by atoms with Crippen LogP contribution in [0, 0.1) is 0 Å². The second kappa shape index (κ2) is 3.12. The lowest BCUT2D eigenvalue weighted by Gasteiger charge is -1.68. The van der Waals surface area contributed by atoms with E-state index in [1.54, 1.807) is 0 Å². The van der Waals surface area contributed by atoms with Crippen LogP contribution in [0.2, 0.25) is 0 Å². The Hall–Kier alpha value is 0.920. The SMILES string of the molecule is O=S(Cl)CBr. The van der Waals surface area contributed by atoms with Crippen molar-refractivity contribution in [1.82, 2.24) is 0 Å². The molecule has 0 aliphatic rings. The fraction of sp³-hybridized carbons (Fsp3) is 1.00. The van der Waals surface area contributed by atoms with E-state index in [2.05, 4.69) is 15.9 Å². The predicted molar refractivity (Wildman–Crippen MR) is 27.8 cm³/mol. The van der Waals surface area contributed by atoms with Crippen LogP contribution in [-0.4, -0.2) is 8.87 Å². The highest BCUT2D eigenvalue weighted by Crippen LogP contribution is 1.91. The molecule has 0 spiro atoms. The van der Waals surface area contributed by atoms with Crippen molar-refractivity contribution in [3.63, 3.8) is 0 Å². The fourth-order valence-electron chi connectivity index (χ4n) is 0. The van der Waals surface area contributed by atoms with E-state index in [0.717, 1.165) is 0 Å². The maximum Gasteiger partial charge on any atom is 0.125 e. The number of halogens is 2. The van der Waals surface area contributed by atoms with Gasteiger partial charge in [0.15, 0.2) is 0 Å². The Kier molecular flexibility index (Phi) is 3.70. The highest BCUT2D eigenvalue weighted by atomic mass is 79.9. The van der Waals surface area contributed by atoms with Crippen LogP contribution in [0.25, 0.3) is 0 Å². The highest BCUT2D eigenvalue weighted by molar-refractivity contribution is 9.11. The number of alkyl halides is 1. The Morgan fingerprint density at radius 2 is 2.20 bits per heavy atom. The van der Waals surface area contributed by atoms with Gasteiger partial charge in [-0.3, -0.25) is 0 Å². The van der Waals surface area contributed by atoms with Gasteiger partial charge in [0.2, 0.25) is 0 Å². The smallest absolute Gasteiger partial charge is 0.125 e. The largest absolute Gasteiger partial charge is 0.242 e. The molecule has 0 heterocycles. The van der Waals surface area contributed by atoms with E-state index in [-0.39, 0.29) is 0 Å². The summed E-state index contributed by atoms with van der Waals surface area (Å²) in [7, 11) is 3.70. The maximum atomic E-state index is 9.64. The van der Waals surface area contributed by atoms with Gasteiger partial charge in [0, 0.05) is 0 Å². The molecule has 0 radical (unpaired) electrons. The average Bonchev–Trinajstić information content (AvgIpc) is 1.38. The van der Waals surface area contributed by atoms with Gasteiger partial charge in [0.05, 0.1) is 4.66 Å². The summed E-state index contributed by atoms with van der Waals surface area (Å²) in [6.45, 7) is 0. The van der Waals surface area contributed by atoms with Crippen LogP contribution in [0.15, 0.2) is 0 Å². The Balaban J connectivity index is 2.85. The van der Waals surface area contributed by atoms with Gasteiger partial charge in [0.1, 0.15) is 10.0 Å². The highest BCUT2D eigenvalue weighted by Gasteiger charge is 1.79. The molecule has 0 aliphatic heterocycles. The molecule has 0 aromatic rings. The molecule has 0 N–H and O–H groups in total. The van der Waals surface area contributed by atoms with Crippen LogP contribution < -0.4 is 0 Å². The van der Waals surface area contributed by atoms with Gasteiger partial charge in [0.25, 0.3) is 0 Å². The van der Waals surface area contributed by atoms with Gasteiger partial charge < -0.3 is 0 Å².